The average Bonchev–Trinajstić information content (AvgIpc) is 3.34. The van der Waals surface area contributed by atoms with Gasteiger partial charge >= 0.3 is 0 Å². The van der Waals surface area contributed by atoms with Crippen LogP contribution in [0.15, 0.2) is 51.6 Å². The maximum atomic E-state index is 12.8. The van der Waals surface area contributed by atoms with Gasteiger partial charge < -0.3 is 19.2 Å². The molecule has 0 bridgehead atoms. The number of likely N-dealkylation sites (tertiary alicyclic amines) is 1. The van der Waals surface area contributed by atoms with Crippen molar-refractivity contribution >= 4 is 32.9 Å². The first-order chi connectivity index (χ1) is 12.7. The van der Waals surface area contributed by atoms with E-state index in [-0.39, 0.29) is 5.91 Å². The minimum Gasteiger partial charge on any atom is -0.448 e. The lowest BCUT2D eigenvalue weighted by Gasteiger charge is -2.15. The Bertz CT molecular complexity index is 895. The topological polar surface area (TPSA) is 50.4 Å². The fraction of sp³-hybridized carbons (Fsp3) is 0.350. The monoisotopic (exact) mass is 415 g/mol. The lowest BCUT2D eigenvalue weighted by molar-refractivity contribution is 0.0941. The third-order valence-corrected chi connectivity index (χ3v) is 5.28. The number of rotatable bonds is 6. The maximum absolute atomic E-state index is 12.8. The minimum absolute atomic E-state index is 0.0531. The highest BCUT2D eigenvalue weighted by atomic mass is 79.9. The largest absolute Gasteiger partial charge is 0.448 e. The Balaban J connectivity index is 1.54. The van der Waals surface area contributed by atoms with E-state index in [1.807, 2.05) is 34.9 Å². The molecule has 1 aliphatic heterocycles. The first-order valence-electron chi connectivity index (χ1n) is 9.04. The number of furan rings is 1. The molecule has 1 aliphatic rings. The molecule has 6 heteroatoms. The second kappa shape index (κ2) is 7.68. The van der Waals surface area contributed by atoms with Crippen LogP contribution in [0.5, 0.6) is 0 Å². The van der Waals surface area contributed by atoms with Crippen LogP contribution in [-0.4, -0.2) is 41.6 Å². The lowest BCUT2D eigenvalue weighted by atomic mass is 10.2. The quantitative estimate of drug-likeness (QED) is 0.664. The SMILES string of the molecule is O=C(NCCN1CCCC1)c1cc2oc(Br)cc2n1Cc1ccccc1. The molecule has 1 saturated heterocycles. The summed E-state index contributed by atoms with van der Waals surface area (Å²) in [7, 11) is 0. The van der Waals surface area contributed by atoms with Crippen LogP contribution in [0.2, 0.25) is 0 Å². The molecule has 2 aromatic heterocycles. The number of aromatic nitrogens is 1. The first-order valence-corrected chi connectivity index (χ1v) is 9.83. The van der Waals surface area contributed by atoms with Gasteiger partial charge in [0.05, 0.1) is 5.52 Å². The Morgan fingerprint density at radius 1 is 1.15 bits per heavy atom. The van der Waals surface area contributed by atoms with Crippen molar-refractivity contribution in [1.82, 2.24) is 14.8 Å². The maximum Gasteiger partial charge on any atom is 0.268 e. The van der Waals surface area contributed by atoms with Crippen molar-refractivity contribution in [3.05, 3.63) is 58.4 Å². The molecule has 3 heterocycles. The Morgan fingerprint density at radius 3 is 2.69 bits per heavy atom. The van der Waals surface area contributed by atoms with Gasteiger partial charge in [0.15, 0.2) is 10.3 Å². The van der Waals surface area contributed by atoms with Crippen molar-refractivity contribution in [2.75, 3.05) is 26.2 Å². The number of carbonyl (C=O) groups excluding carboxylic acids is 1. The summed E-state index contributed by atoms with van der Waals surface area (Å²) < 4.78 is 8.36. The lowest BCUT2D eigenvalue weighted by Crippen LogP contribution is -2.34. The van der Waals surface area contributed by atoms with Crippen molar-refractivity contribution in [2.45, 2.75) is 19.4 Å². The number of nitrogens with one attached hydrogen (secondary N) is 1. The van der Waals surface area contributed by atoms with Gasteiger partial charge in [-0.3, -0.25) is 4.79 Å². The summed E-state index contributed by atoms with van der Waals surface area (Å²) in [5.74, 6) is -0.0531. The van der Waals surface area contributed by atoms with Crippen LogP contribution in [0.1, 0.15) is 28.9 Å². The van der Waals surface area contributed by atoms with Crippen molar-refractivity contribution < 1.29 is 9.21 Å². The van der Waals surface area contributed by atoms with E-state index >= 15 is 0 Å². The standard InChI is InChI=1S/C20H22BrN3O2/c21-19-13-16-18(26-19)12-17(24(16)14-15-6-2-1-3-7-15)20(25)22-8-11-23-9-4-5-10-23/h1-3,6-7,12-13H,4-5,8-11,14H2,(H,22,25). The number of halogens is 1. The van der Waals surface area contributed by atoms with Crippen LogP contribution in [0.3, 0.4) is 0 Å². The molecule has 1 N–H and O–H groups in total. The molecule has 0 unspecified atom stereocenters. The molecule has 5 nitrogen and oxygen atoms in total. The zero-order valence-electron chi connectivity index (χ0n) is 14.6. The first kappa shape index (κ1) is 17.4. The van der Waals surface area contributed by atoms with Gasteiger partial charge in [-0.1, -0.05) is 30.3 Å². The second-order valence-electron chi connectivity index (χ2n) is 6.71. The van der Waals surface area contributed by atoms with Crippen molar-refractivity contribution in [1.29, 1.82) is 0 Å². The second-order valence-corrected chi connectivity index (χ2v) is 7.49. The van der Waals surface area contributed by atoms with Gasteiger partial charge in [-0.15, -0.1) is 0 Å². The Hall–Kier alpha value is -2.05. The predicted octanol–water partition coefficient (Wildman–Crippen LogP) is 3.87. The smallest absolute Gasteiger partial charge is 0.268 e. The van der Waals surface area contributed by atoms with Crippen molar-refractivity contribution in [3.8, 4) is 0 Å². The summed E-state index contributed by atoms with van der Waals surface area (Å²) in [6.07, 6.45) is 2.53. The Morgan fingerprint density at radius 2 is 1.92 bits per heavy atom. The van der Waals surface area contributed by atoms with Gasteiger partial charge in [-0.2, -0.15) is 0 Å². The van der Waals surface area contributed by atoms with Gasteiger partial charge in [-0.25, -0.2) is 0 Å². The van der Waals surface area contributed by atoms with Gasteiger partial charge in [0, 0.05) is 31.8 Å². The molecular weight excluding hydrogens is 394 g/mol. The van der Waals surface area contributed by atoms with Crippen LogP contribution >= 0.6 is 15.9 Å². The van der Waals surface area contributed by atoms with E-state index in [0.717, 1.165) is 36.3 Å². The molecule has 4 rings (SSSR count). The minimum atomic E-state index is -0.0531. The van der Waals surface area contributed by atoms with Gasteiger partial charge in [0.25, 0.3) is 5.91 Å². The Kier molecular flexibility index (Phi) is 5.13. The van der Waals surface area contributed by atoms with Crippen molar-refractivity contribution in [3.63, 3.8) is 0 Å². The van der Waals surface area contributed by atoms with E-state index in [1.54, 1.807) is 0 Å². The highest BCUT2D eigenvalue weighted by Gasteiger charge is 2.19. The van der Waals surface area contributed by atoms with Crippen LogP contribution in [-0.2, 0) is 6.54 Å². The average molecular weight is 416 g/mol. The van der Waals surface area contributed by atoms with E-state index in [4.69, 9.17) is 4.42 Å². The fourth-order valence-corrected chi connectivity index (χ4v) is 3.95. The molecule has 1 fully saturated rings. The van der Waals surface area contributed by atoms with Gasteiger partial charge in [0.2, 0.25) is 0 Å². The molecule has 1 amide bonds. The Labute approximate surface area is 161 Å². The molecule has 0 spiro atoms. The molecule has 1 aromatic carbocycles. The molecule has 0 saturated carbocycles. The van der Waals surface area contributed by atoms with E-state index in [2.05, 4.69) is 38.3 Å². The summed E-state index contributed by atoms with van der Waals surface area (Å²) in [5, 5.41) is 3.06. The van der Waals surface area contributed by atoms with Gasteiger partial charge in [0.1, 0.15) is 5.69 Å². The molecule has 0 radical (unpaired) electrons. The molecule has 136 valence electrons. The van der Waals surface area contributed by atoms with Crippen LogP contribution < -0.4 is 5.32 Å². The van der Waals surface area contributed by atoms with Crippen molar-refractivity contribution in [2.24, 2.45) is 0 Å². The normalized spacial score (nSPS) is 15.0. The third-order valence-electron chi connectivity index (χ3n) is 4.89. The van der Waals surface area contributed by atoms with E-state index in [9.17, 15) is 4.79 Å². The number of hydrogen-bond acceptors (Lipinski definition) is 3. The van der Waals surface area contributed by atoms with Crippen LogP contribution in [0.4, 0.5) is 0 Å². The summed E-state index contributed by atoms with van der Waals surface area (Å²) in [5.41, 5.74) is 3.42. The van der Waals surface area contributed by atoms with Gasteiger partial charge in [-0.05, 0) is 47.4 Å². The molecule has 26 heavy (non-hydrogen) atoms. The summed E-state index contributed by atoms with van der Waals surface area (Å²) in [6, 6.07) is 13.9. The summed E-state index contributed by atoms with van der Waals surface area (Å²) in [4.78, 5) is 15.2. The molecule has 0 atom stereocenters. The zero-order chi connectivity index (χ0) is 17.9. The van der Waals surface area contributed by atoms with Crippen LogP contribution in [0, 0.1) is 0 Å². The van der Waals surface area contributed by atoms with Crippen LogP contribution in [0.25, 0.3) is 11.1 Å². The summed E-state index contributed by atoms with van der Waals surface area (Å²) >= 11 is 3.38. The molecule has 0 aliphatic carbocycles. The zero-order valence-corrected chi connectivity index (χ0v) is 16.2. The molecular formula is C20H22BrN3O2. The molecule has 3 aromatic rings. The van der Waals surface area contributed by atoms with E-state index in [1.165, 1.54) is 12.8 Å². The highest BCUT2D eigenvalue weighted by Crippen LogP contribution is 2.27. The van der Waals surface area contributed by atoms with E-state index < -0.39 is 0 Å². The predicted molar refractivity (Wildman–Crippen MR) is 105 cm³/mol. The highest BCUT2D eigenvalue weighted by molar-refractivity contribution is 9.10. The third kappa shape index (κ3) is 3.71. The number of hydrogen-bond donors (Lipinski definition) is 1. The number of amides is 1. The summed E-state index contributed by atoms with van der Waals surface area (Å²) in [6.45, 7) is 4.49. The number of nitrogens with zero attached hydrogens (tertiary/aromatic N) is 2. The number of carbonyl (C=O) groups is 1. The fourth-order valence-electron chi connectivity index (χ4n) is 3.56. The van der Waals surface area contributed by atoms with E-state index in [0.29, 0.717) is 23.5 Å². The number of fused-ring (bicyclic) bond motifs is 1. The number of benzene rings is 1.